The lowest BCUT2D eigenvalue weighted by atomic mass is 9.61. The highest BCUT2D eigenvalue weighted by Gasteiger charge is 2.72. The normalized spacial score (nSPS) is 37.8. The number of carbonyl (C=O) groups is 2. The molecule has 144 valence electrons. The Morgan fingerprint density at radius 1 is 1.27 bits per heavy atom. The van der Waals surface area contributed by atoms with E-state index in [1.54, 1.807) is 0 Å². The topological polar surface area (TPSA) is 76.4 Å². The molecule has 0 aromatic carbocycles. The molecule has 3 rings (SSSR count). The highest BCUT2D eigenvalue weighted by molar-refractivity contribution is 5.85. The van der Waals surface area contributed by atoms with Crippen molar-refractivity contribution >= 4 is 11.9 Å². The number of ether oxygens (including phenoxy) is 2. The van der Waals surface area contributed by atoms with E-state index in [1.807, 2.05) is 6.92 Å². The monoisotopic (exact) mass is 361 g/mol. The fourth-order valence-corrected chi connectivity index (χ4v) is 5.25. The average Bonchev–Trinajstić information content (AvgIpc) is 3.06. The number of fused-ring (bicyclic) bond motifs is 1. The second kappa shape index (κ2) is 5.47. The van der Waals surface area contributed by atoms with Crippen molar-refractivity contribution in [1.29, 1.82) is 5.26 Å². The van der Waals surface area contributed by atoms with Crippen LogP contribution in [0.1, 0.15) is 67.7 Å². The summed E-state index contributed by atoms with van der Waals surface area (Å²) in [6.45, 7) is 14.6. The van der Waals surface area contributed by atoms with Gasteiger partial charge in [0.15, 0.2) is 5.41 Å². The molecular weight excluding hydrogens is 330 g/mol. The summed E-state index contributed by atoms with van der Waals surface area (Å²) in [5.74, 6) is -0.738. The maximum absolute atomic E-state index is 13.3. The third-order valence-electron chi connectivity index (χ3n) is 7.00. The van der Waals surface area contributed by atoms with Crippen LogP contribution in [-0.4, -0.2) is 24.1 Å². The first kappa shape index (κ1) is 19.2. The standard InChI is InChI=1S/C21H31NO4/c1-18(2,3)10-20(7,19(4,5)6)16(23)25-14-12-8-13-15(14)26-17(24)21(13,9-12)11-22/h12-15H,8-10H2,1-7H3. The lowest BCUT2D eigenvalue weighted by Crippen LogP contribution is -2.48. The van der Waals surface area contributed by atoms with Gasteiger partial charge in [-0.15, -0.1) is 0 Å². The Bertz CT molecular complexity index is 680. The molecule has 1 aliphatic heterocycles. The van der Waals surface area contributed by atoms with Crippen LogP contribution in [0.25, 0.3) is 0 Å². The second-order valence-corrected chi connectivity index (χ2v) is 10.9. The van der Waals surface area contributed by atoms with Crippen LogP contribution in [0.15, 0.2) is 0 Å². The number of carbonyl (C=O) groups excluding carboxylic acids is 2. The fraction of sp³-hybridized carbons (Fsp3) is 0.857. The van der Waals surface area contributed by atoms with Crippen molar-refractivity contribution < 1.29 is 19.1 Å². The predicted molar refractivity (Wildman–Crippen MR) is 95.7 cm³/mol. The van der Waals surface area contributed by atoms with E-state index in [-0.39, 0.29) is 28.6 Å². The van der Waals surface area contributed by atoms with E-state index in [1.165, 1.54) is 0 Å². The third kappa shape index (κ3) is 2.56. The summed E-state index contributed by atoms with van der Waals surface area (Å²) in [4.78, 5) is 25.5. The van der Waals surface area contributed by atoms with Crippen molar-refractivity contribution in [3.05, 3.63) is 0 Å². The van der Waals surface area contributed by atoms with Gasteiger partial charge in [-0.05, 0) is 37.0 Å². The van der Waals surface area contributed by atoms with Crippen molar-refractivity contribution in [2.75, 3.05) is 0 Å². The van der Waals surface area contributed by atoms with E-state index >= 15 is 0 Å². The molecule has 5 nitrogen and oxygen atoms in total. The Labute approximate surface area is 156 Å². The quantitative estimate of drug-likeness (QED) is 0.713. The summed E-state index contributed by atoms with van der Waals surface area (Å²) >= 11 is 0. The van der Waals surface area contributed by atoms with E-state index in [0.717, 1.165) is 6.42 Å². The minimum Gasteiger partial charge on any atom is -0.458 e. The van der Waals surface area contributed by atoms with Gasteiger partial charge in [0.1, 0.15) is 12.2 Å². The number of nitriles is 1. The molecule has 1 heterocycles. The lowest BCUT2D eigenvalue weighted by molar-refractivity contribution is -0.180. The van der Waals surface area contributed by atoms with Crippen LogP contribution in [0.2, 0.25) is 0 Å². The van der Waals surface area contributed by atoms with Crippen LogP contribution in [0, 0.1) is 44.8 Å². The van der Waals surface area contributed by atoms with Crippen LogP contribution in [-0.2, 0) is 19.1 Å². The van der Waals surface area contributed by atoms with Crippen molar-refractivity contribution in [2.45, 2.75) is 79.9 Å². The number of hydrogen-bond donors (Lipinski definition) is 0. The zero-order valence-electron chi connectivity index (χ0n) is 17.0. The summed E-state index contributed by atoms with van der Waals surface area (Å²) in [5, 5.41) is 9.51. The van der Waals surface area contributed by atoms with Crippen molar-refractivity contribution in [3.63, 3.8) is 0 Å². The first-order valence-electron chi connectivity index (χ1n) is 9.59. The molecule has 26 heavy (non-hydrogen) atoms. The summed E-state index contributed by atoms with van der Waals surface area (Å²) in [6.07, 6.45) is 1.02. The molecule has 1 saturated heterocycles. The molecule has 2 saturated carbocycles. The van der Waals surface area contributed by atoms with Crippen LogP contribution < -0.4 is 0 Å². The molecule has 6 unspecified atom stereocenters. The molecule has 0 N–H and O–H groups in total. The fourth-order valence-electron chi connectivity index (χ4n) is 5.25. The van der Waals surface area contributed by atoms with E-state index in [2.05, 4.69) is 47.6 Å². The highest BCUT2D eigenvalue weighted by Crippen LogP contribution is 2.62. The predicted octanol–water partition coefficient (Wildman–Crippen LogP) is 3.86. The zero-order chi connectivity index (χ0) is 19.7. The molecular formula is C21H31NO4. The van der Waals surface area contributed by atoms with Gasteiger partial charge in [0.05, 0.1) is 11.5 Å². The average molecular weight is 361 g/mol. The van der Waals surface area contributed by atoms with Gasteiger partial charge in [0, 0.05) is 11.8 Å². The molecule has 5 heteroatoms. The Kier molecular flexibility index (Phi) is 4.04. The molecule has 0 amide bonds. The van der Waals surface area contributed by atoms with E-state index in [4.69, 9.17) is 9.47 Å². The van der Waals surface area contributed by atoms with Gasteiger partial charge in [-0.1, -0.05) is 41.5 Å². The van der Waals surface area contributed by atoms with Gasteiger partial charge in [0.25, 0.3) is 0 Å². The van der Waals surface area contributed by atoms with Crippen LogP contribution in [0.4, 0.5) is 0 Å². The van der Waals surface area contributed by atoms with Crippen LogP contribution in [0.3, 0.4) is 0 Å². The number of hydrogen-bond acceptors (Lipinski definition) is 5. The Balaban J connectivity index is 1.83. The van der Waals surface area contributed by atoms with Crippen molar-refractivity contribution in [3.8, 4) is 6.07 Å². The SMILES string of the molecule is CC(C)(C)CC(C)(C(=O)OC1C2CC3C1OC(=O)C3(C#N)C2)C(C)(C)C. The molecule has 6 atom stereocenters. The molecule has 0 aromatic rings. The van der Waals surface area contributed by atoms with Gasteiger partial charge < -0.3 is 9.47 Å². The number of nitrogens with zero attached hydrogens (tertiary/aromatic N) is 1. The zero-order valence-corrected chi connectivity index (χ0v) is 17.0. The number of esters is 2. The largest absolute Gasteiger partial charge is 0.458 e. The van der Waals surface area contributed by atoms with E-state index in [9.17, 15) is 14.9 Å². The second-order valence-electron chi connectivity index (χ2n) is 10.9. The number of rotatable bonds is 3. The van der Waals surface area contributed by atoms with E-state index < -0.39 is 29.0 Å². The maximum atomic E-state index is 13.3. The first-order valence-corrected chi connectivity index (χ1v) is 9.59. The summed E-state index contributed by atoms with van der Waals surface area (Å²) < 4.78 is 11.5. The molecule has 3 fully saturated rings. The molecule has 2 bridgehead atoms. The molecule has 0 aromatic heterocycles. The summed E-state index contributed by atoms with van der Waals surface area (Å²) in [6, 6.07) is 2.19. The highest BCUT2D eigenvalue weighted by atomic mass is 16.6. The first-order chi connectivity index (χ1) is 11.7. The van der Waals surface area contributed by atoms with Gasteiger partial charge >= 0.3 is 11.9 Å². The molecule has 3 aliphatic rings. The van der Waals surface area contributed by atoms with Crippen molar-refractivity contribution in [2.24, 2.45) is 33.5 Å². The van der Waals surface area contributed by atoms with Gasteiger partial charge in [-0.2, -0.15) is 5.26 Å². The maximum Gasteiger partial charge on any atom is 0.327 e. The van der Waals surface area contributed by atoms with Crippen LogP contribution >= 0.6 is 0 Å². The molecule has 0 spiro atoms. The Morgan fingerprint density at radius 3 is 2.38 bits per heavy atom. The third-order valence-corrected chi connectivity index (χ3v) is 7.00. The minimum absolute atomic E-state index is 0.0223. The lowest BCUT2D eigenvalue weighted by Gasteiger charge is -2.44. The smallest absolute Gasteiger partial charge is 0.327 e. The summed E-state index contributed by atoms with van der Waals surface area (Å²) in [7, 11) is 0. The minimum atomic E-state index is -1.00. The van der Waals surface area contributed by atoms with Gasteiger partial charge in [-0.25, -0.2) is 0 Å². The Hall–Kier alpha value is -1.57. The molecule has 0 radical (unpaired) electrons. The molecule has 2 aliphatic carbocycles. The van der Waals surface area contributed by atoms with Crippen molar-refractivity contribution in [1.82, 2.24) is 0 Å². The van der Waals surface area contributed by atoms with Crippen LogP contribution in [0.5, 0.6) is 0 Å². The summed E-state index contributed by atoms with van der Waals surface area (Å²) in [5.41, 5.74) is -1.94. The van der Waals surface area contributed by atoms with E-state index in [0.29, 0.717) is 12.8 Å². The Morgan fingerprint density at radius 2 is 1.88 bits per heavy atom. The van der Waals surface area contributed by atoms with Gasteiger partial charge in [0.2, 0.25) is 0 Å². The van der Waals surface area contributed by atoms with Gasteiger partial charge in [-0.3, -0.25) is 9.59 Å².